The molecule has 4 heteroatoms. The number of hydrogen-bond acceptors (Lipinski definition) is 4. The van der Waals surface area contributed by atoms with Gasteiger partial charge in [-0.25, -0.2) is 9.97 Å². The maximum Gasteiger partial charge on any atom is 0.130 e. The lowest BCUT2D eigenvalue weighted by atomic mass is 10.3. The Morgan fingerprint density at radius 1 is 1.11 bits per heavy atom. The first-order valence-electron chi connectivity index (χ1n) is 6.37. The van der Waals surface area contributed by atoms with Crippen LogP contribution in [-0.2, 0) is 19.4 Å². The normalized spacial score (nSPS) is 10.6. The lowest BCUT2D eigenvalue weighted by Gasteiger charge is -2.06. The minimum absolute atomic E-state index is 0.831. The second-order valence-electron chi connectivity index (χ2n) is 4.22. The van der Waals surface area contributed by atoms with Crippen molar-refractivity contribution < 1.29 is 0 Å². The Balaban J connectivity index is 2.03. The number of aryl methyl sites for hydroxylation is 3. The summed E-state index contributed by atoms with van der Waals surface area (Å²) < 4.78 is 0. The zero-order chi connectivity index (χ0) is 13.0. The summed E-state index contributed by atoms with van der Waals surface area (Å²) in [5, 5.41) is 3.37. The Bertz CT molecular complexity index is 520. The summed E-state index contributed by atoms with van der Waals surface area (Å²) in [7, 11) is 0. The molecule has 2 heterocycles. The van der Waals surface area contributed by atoms with E-state index in [9.17, 15) is 0 Å². The predicted molar refractivity (Wildman–Crippen MR) is 77.2 cm³/mol. The Labute approximate surface area is 112 Å². The van der Waals surface area contributed by atoms with Crippen molar-refractivity contribution in [3.8, 4) is 0 Å². The molecule has 0 aliphatic carbocycles. The molecule has 0 unspecified atom stereocenters. The molecule has 2 aromatic heterocycles. The van der Waals surface area contributed by atoms with E-state index in [0.29, 0.717) is 0 Å². The number of anilines is 1. The lowest BCUT2D eigenvalue weighted by Crippen LogP contribution is -2.03. The number of nitrogens with zero attached hydrogens (tertiary/aromatic N) is 2. The van der Waals surface area contributed by atoms with Gasteiger partial charge in [0.25, 0.3) is 0 Å². The fourth-order valence-electron chi connectivity index (χ4n) is 1.79. The highest BCUT2D eigenvalue weighted by atomic mass is 32.1. The van der Waals surface area contributed by atoms with Gasteiger partial charge >= 0.3 is 0 Å². The van der Waals surface area contributed by atoms with Crippen molar-refractivity contribution in [2.75, 3.05) is 5.32 Å². The van der Waals surface area contributed by atoms with Gasteiger partial charge in [-0.15, -0.1) is 11.3 Å². The van der Waals surface area contributed by atoms with E-state index in [-0.39, 0.29) is 0 Å². The first-order chi connectivity index (χ1) is 8.71. The maximum atomic E-state index is 4.41. The van der Waals surface area contributed by atoms with E-state index in [1.54, 1.807) is 0 Å². The Morgan fingerprint density at radius 3 is 2.56 bits per heavy atom. The van der Waals surface area contributed by atoms with E-state index in [4.69, 9.17) is 0 Å². The molecule has 96 valence electrons. The minimum atomic E-state index is 0.831. The highest BCUT2D eigenvalue weighted by Crippen LogP contribution is 2.18. The van der Waals surface area contributed by atoms with E-state index in [0.717, 1.165) is 36.7 Å². The van der Waals surface area contributed by atoms with Gasteiger partial charge in [0.1, 0.15) is 11.6 Å². The Kier molecular flexibility index (Phi) is 4.31. The van der Waals surface area contributed by atoms with Crippen molar-refractivity contribution in [3.05, 3.63) is 39.5 Å². The van der Waals surface area contributed by atoms with Crippen molar-refractivity contribution in [3.63, 3.8) is 0 Å². The lowest BCUT2D eigenvalue weighted by molar-refractivity contribution is 0.943. The molecule has 0 bridgehead atoms. The summed E-state index contributed by atoms with van der Waals surface area (Å²) in [6, 6.07) is 6.41. The van der Waals surface area contributed by atoms with Crippen molar-refractivity contribution in [2.24, 2.45) is 0 Å². The van der Waals surface area contributed by atoms with Gasteiger partial charge in [-0.1, -0.05) is 13.8 Å². The second-order valence-corrected chi connectivity index (χ2v) is 5.47. The summed E-state index contributed by atoms with van der Waals surface area (Å²) in [4.78, 5) is 11.6. The van der Waals surface area contributed by atoms with Gasteiger partial charge in [0.05, 0.1) is 6.54 Å². The average molecular weight is 261 g/mol. The summed E-state index contributed by atoms with van der Waals surface area (Å²) in [5.74, 6) is 1.75. The largest absolute Gasteiger partial charge is 0.365 e. The van der Waals surface area contributed by atoms with Crippen LogP contribution >= 0.6 is 11.3 Å². The van der Waals surface area contributed by atoms with Crippen LogP contribution in [0.25, 0.3) is 0 Å². The first kappa shape index (κ1) is 13.0. The standard InChI is InChI=1S/C14H19N3S/c1-4-11-8-14(17-10(3)16-11)15-9-13-7-6-12(5-2)18-13/h6-8H,4-5,9H2,1-3H3,(H,15,16,17). The van der Waals surface area contributed by atoms with E-state index in [1.807, 2.05) is 24.3 Å². The van der Waals surface area contributed by atoms with Gasteiger partial charge in [0.15, 0.2) is 0 Å². The Morgan fingerprint density at radius 2 is 1.89 bits per heavy atom. The molecular formula is C14H19N3S. The molecule has 2 aromatic rings. The fourth-order valence-corrected chi connectivity index (χ4v) is 2.68. The highest BCUT2D eigenvalue weighted by molar-refractivity contribution is 7.12. The molecular weight excluding hydrogens is 242 g/mol. The second kappa shape index (κ2) is 5.96. The maximum absolute atomic E-state index is 4.41. The Hall–Kier alpha value is -1.42. The van der Waals surface area contributed by atoms with Gasteiger partial charge in [0.2, 0.25) is 0 Å². The SMILES string of the molecule is CCc1cc(NCc2ccc(CC)s2)nc(C)n1. The van der Waals surface area contributed by atoms with Crippen LogP contribution in [0.4, 0.5) is 5.82 Å². The molecule has 0 amide bonds. The number of rotatable bonds is 5. The van der Waals surface area contributed by atoms with Crippen LogP contribution in [-0.4, -0.2) is 9.97 Å². The van der Waals surface area contributed by atoms with Crippen LogP contribution in [0.15, 0.2) is 18.2 Å². The van der Waals surface area contributed by atoms with Gasteiger partial charge in [-0.2, -0.15) is 0 Å². The number of thiophene rings is 1. The van der Waals surface area contributed by atoms with E-state index in [2.05, 4.69) is 41.3 Å². The van der Waals surface area contributed by atoms with Crippen LogP contribution in [0.3, 0.4) is 0 Å². The summed E-state index contributed by atoms with van der Waals surface area (Å²) >= 11 is 1.86. The molecule has 0 fully saturated rings. The highest BCUT2D eigenvalue weighted by Gasteiger charge is 2.02. The summed E-state index contributed by atoms with van der Waals surface area (Å²) in [5.41, 5.74) is 1.09. The quantitative estimate of drug-likeness (QED) is 0.894. The molecule has 2 rings (SSSR count). The molecule has 3 nitrogen and oxygen atoms in total. The monoisotopic (exact) mass is 261 g/mol. The van der Waals surface area contributed by atoms with Gasteiger partial charge in [-0.05, 0) is 31.9 Å². The van der Waals surface area contributed by atoms with Crippen molar-refractivity contribution in [1.29, 1.82) is 0 Å². The molecule has 0 aliphatic rings. The van der Waals surface area contributed by atoms with Gasteiger partial charge in [-0.3, -0.25) is 0 Å². The molecule has 0 radical (unpaired) electrons. The third-order valence-corrected chi connectivity index (χ3v) is 3.99. The van der Waals surface area contributed by atoms with Crippen LogP contribution in [0.5, 0.6) is 0 Å². The van der Waals surface area contributed by atoms with E-state index in [1.165, 1.54) is 9.75 Å². The summed E-state index contributed by atoms with van der Waals surface area (Å²) in [6.07, 6.45) is 2.05. The topological polar surface area (TPSA) is 37.8 Å². The van der Waals surface area contributed by atoms with E-state index >= 15 is 0 Å². The van der Waals surface area contributed by atoms with Gasteiger partial charge in [0, 0.05) is 21.5 Å². The average Bonchev–Trinajstić information content (AvgIpc) is 2.83. The van der Waals surface area contributed by atoms with Crippen LogP contribution in [0, 0.1) is 6.92 Å². The molecule has 0 atom stereocenters. The molecule has 0 aromatic carbocycles. The van der Waals surface area contributed by atoms with E-state index < -0.39 is 0 Å². The zero-order valence-electron chi connectivity index (χ0n) is 11.2. The molecule has 0 aliphatic heterocycles. The number of nitrogens with one attached hydrogen (secondary N) is 1. The summed E-state index contributed by atoms with van der Waals surface area (Å²) in [6.45, 7) is 7.07. The number of aromatic nitrogens is 2. The van der Waals surface area contributed by atoms with Crippen molar-refractivity contribution in [2.45, 2.75) is 40.2 Å². The predicted octanol–water partition coefficient (Wildman–Crippen LogP) is 3.58. The smallest absolute Gasteiger partial charge is 0.130 e. The first-order valence-corrected chi connectivity index (χ1v) is 7.19. The molecule has 0 spiro atoms. The third kappa shape index (κ3) is 3.29. The van der Waals surface area contributed by atoms with Crippen LogP contribution < -0.4 is 5.32 Å². The molecule has 0 saturated carbocycles. The third-order valence-electron chi connectivity index (χ3n) is 2.76. The minimum Gasteiger partial charge on any atom is -0.365 e. The molecule has 18 heavy (non-hydrogen) atoms. The van der Waals surface area contributed by atoms with Crippen molar-refractivity contribution >= 4 is 17.2 Å². The van der Waals surface area contributed by atoms with Crippen LogP contribution in [0.2, 0.25) is 0 Å². The zero-order valence-corrected chi connectivity index (χ0v) is 12.0. The van der Waals surface area contributed by atoms with Gasteiger partial charge < -0.3 is 5.32 Å². The molecule has 1 N–H and O–H groups in total. The molecule has 0 saturated heterocycles. The van der Waals surface area contributed by atoms with Crippen LogP contribution in [0.1, 0.15) is 35.1 Å². The fraction of sp³-hybridized carbons (Fsp3) is 0.429. The number of hydrogen-bond donors (Lipinski definition) is 1. The van der Waals surface area contributed by atoms with Crippen molar-refractivity contribution in [1.82, 2.24) is 9.97 Å².